The number of aromatic nitrogens is 1. The molecule has 0 bridgehead atoms. The van der Waals surface area contributed by atoms with Gasteiger partial charge in [0, 0.05) is 24.2 Å². The largest absolute Gasteiger partial charge is 0.444 e. The molecular formula is C16H21Cl2N3O2. The van der Waals surface area contributed by atoms with E-state index in [-0.39, 0.29) is 36.1 Å². The van der Waals surface area contributed by atoms with Crippen molar-refractivity contribution in [2.75, 3.05) is 19.6 Å². The molecule has 1 fully saturated rings. The number of halogens is 2. The minimum Gasteiger partial charge on any atom is -0.444 e. The SMILES string of the molecule is CC1(CN)CCN(C(=O)c2ccc(-c3cnco3)cc2)C1.Cl.Cl. The third-order valence-electron chi connectivity index (χ3n) is 4.19. The summed E-state index contributed by atoms with van der Waals surface area (Å²) < 4.78 is 5.24. The lowest BCUT2D eigenvalue weighted by Crippen LogP contribution is -2.34. The molecule has 5 nitrogen and oxygen atoms in total. The molecule has 1 aliphatic heterocycles. The Morgan fingerprint density at radius 2 is 2.04 bits per heavy atom. The molecule has 1 atom stereocenters. The molecule has 3 rings (SSSR count). The third kappa shape index (κ3) is 4.05. The molecule has 1 amide bonds. The van der Waals surface area contributed by atoms with Crippen LogP contribution in [0.4, 0.5) is 0 Å². The minimum atomic E-state index is 0. The zero-order chi connectivity index (χ0) is 14.9. The number of likely N-dealkylation sites (tertiary alicyclic amines) is 1. The van der Waals surface area contributed by atoms with Gasteiger partial charge in [0.2, 0.25) is 0 Å². The molecule has 0 aliphatic carbocycles. The Morgan fingerprint density at radius 3 is 2.57 bits per heavy atom. The van der Waals surface area contributed by atoms with Gasteiger partial charge in [-0.2, -0.15) is 0 Å². The molecule has 1 aromatic heterocycles. The van der Waals surface area contributed by atoms with Crippen LogP contribution in [0.2, 0.25) is 0 Å². The zero-order valence-electron chi connectivity index (χ0n) is 12.9. The van der Waals surface area contributed by atoms with Gasteiger partial charge in [0.25, 0.3) is 5.91 Å². The molecule has 0 radical (unpaired) electrons. The fourth-order valence-electron chi connectivity index (χ4n) is 2.68. The second kappa shape index (κ2) is 7.81. The van der Waals surface area contributed by atoms with Crippen LogP contribution in [0.25, 0.3) is 11.3 Å². The topological polar surface area (TPSA) is 72.4 Å². The number of carbonyl (C=O) groups is 1. The van der Waals surface area contributed by atoms with E-state index in [4.69, 9.17) is 10.2 Å². The van der Waals surface area contributed by atoms with Gasteiger partial charge in [-0.05, 0) is 30.5 Å². The van der Waals surface area contributed by atoms with Crippen LogP contribution in [0.15, 0.2) is 41.3 Å². The summed E-state index contributed by atoms with van der Waals surface area (Å²) in [5.74, 6) is 0.766. The molecule has 0 saturated carbocycles. The first-order valence-corrected chi connectivity index (χ1v) is 7.10. The van der Waals surface area contributed by atoms with Crippen molar-refractivity contribution >= 4 is 30.7 Å². The monoisotopic (exact) mass is 357 g/mol. The molecule has 2 aromatic rings. The number of oxazole rings is 1. The summed E-state index contributed by atoms with van der Waals surface area (Å²) in [6, 6.07) is 7.43. The summed E-state index contributed by atoms with van der Waals surface area (Å²) in [7, 11) is 0. The number of rotatable bonds is 3. The number of nitrogens with zero attached hydrogens (tertiary/aromatic N) is 2. The van der Waals surface area contributed by atoms with E-state index in [1.807, 2.05) is 29.2 Å². The molecule has 2 N–H and O–H groups in total. The van der Waals surface area contributed by atoms with Gasteiger partial charge in [-0.3, -0.25) is 4.79 Å². The van der Waals surface area contributed by atoms with Crippen LogP contribution in [0.3, 0.4) is 0 Å². The van der Waals surface area contributed by atoms with Crippen LogP contribution in [0.1, 0.15) is 23.7 Å². The van der Waals surface area contributed by atoms with E-state index in [9.17, 15) is 4.79 Å². The van der Waals surface area contributed by atoms with Crippen molar-refractivity contribution in [2.24, 2.45) is 11.1 Å². The molecule has 7 heteroatoms. The maximum Gasteiger partial charge on any atom is 0.253 e. The number of hydrogen-bond acceptors (Lipinski definition) is 4. The van der Waals surface area contributed by atoms with Gasteiger partial charge in [-0.25, -0.2) is 4.98 Å². The quantitative estimate of drug-likeness (QED) is 0.916. The summed E-state index contributed by atoms with van der Waals surface area (Å²) in [5, 5.41) is 0. The first-order valence-electron chi connectivity index (χ1n) is 7.10. The maximum atomic E-state index is 12.5. The highest BCUT2D eigenvalue weighted by Gasteiger charge is 2.35. The van der Waals surface area contributed by atoms with E-state index >= 15 is 0 Å². The first kappa shape index (κ1) is 19.5. The highest BCUT2D eigenvalue weighted by atomic mass is 35.5. The van der Waals surface area contributed by atoms with E-state index in [0.717, 1.165) is 25.1 Å². The molecule has 2 heterocycles. The highest BCUT2D eigenvalue weighted by molar-refractivity contribution is 5.94. The van der Waals surface area contributed by atoms with E-state index in [0.29, 0.717) is 17.9 Å². The molecule has 23 heavy (non-hydrogen) atoms. The lowest BCUT2D eigenvalue weighted by Gasteiger charge is -2.22. The van der Waals surface area contributed by atoms with E-state index in [1.165, 1.54) is 6.39 Å². The van der Waals surface area contributed by atoms with Gasteiger partial charge < -0.3 is 15.1 Å². The average Bonchev–Trinajstić information content (AvgIpc) is 3.17. The fourth-order valence-corrected chi connectivity index (χ4v) is 2.68. The average molecular weight is 358 g/mol. The molecule has 1 unspecified atom stereocenters. The summed E-state index contributed by atoms with van der Waals surface area (Å²) in [4.78, 5) is 18.3. The predicted octanol–water partition coefficient (Wildman–Crippen LogP) is 3.00. The van der Waals surface area contributed by atoms with Gasteiger partial charge in [0.05, 0.1) is 6.20 Å². The van der Waals surface area contributed by atoms with Gasteiger partial charge >= 0.3 is 0 Å². The Kier molecular flexibility index (Phi) is 6.62. The van der Waals surface area contributed by atoms with E-state index in [1.54, 1.807) is 6.20 Å². The van der Waals surface area contributed by atoms with Gasteiger partial charge in [-0.15, -0.1) is 24.8 Å². The normalized spacial score (nSPS) is 19.8. The summed E-state index contributed by atoms with van der Waals surface area (Å²) >= 11 is 0. The molecular weight excluding hydrogens is 337 g/mol. The van der Waals surface area contributed by atoms with Crippen molar-refractivity contribution in [2.45, 2.75) is 13.3 Å². The van der Waals surface area contributed by atoms with Crippen LogP contribution in [0, 0.1) is 5.41 Å². The summed E-state index contributed by atoms with van der Waals surface area (Å²) in [6.45, 7) is 4.25. The lowest BCUT2D eigenvalue weighted by atomic mass is 9.90. The van der Waals surface area contributed by atoms with Gasteiger partial charge in [0.1, 0.15) is 0 Å². The van der Waals surface area contributed by atoms with Crippen molar-refractivity contribution in [3.8, 4) is 11.3 Å². The summed E-state index contributed by atoms with van der Waals surface area (Å²) in [5.41, 5.74) is 7.45. The van der Waals surface area contributed by atoms with Crippen molar-refractivity contribution < 1.29 is 9.21 Å². The Hall–Kier alpha value is -1.56. The Morgan fingerprint density at radius 1 is 1.35 bits per heavy atom. The van der Waals surface area contributed by atoms with E-state index in [2.05, 4.69) is 11.9 Å². The number of carbonyl (C=O) groups excluding carboxylic acids is 1. The zero-order valence-corrected chi connectivity index (χ0v) is 14.5. The Labute approximate surface area is 148 Å². The minimum absolute atomic E-state index is 0. The van der Waals surface area contributed by atoms with Crippen molar-refractivity contribution in [3.05, 3.63) is 42.4 Å². The highest BCUT2D eigenvalue weighted by Crippen LogP contribution is 2.29. The Bertz CT molecular complexity index is 631. The molecule has 1 aromatic carbocycles. The number of hydrogen-bond donors (Lipinski definition) is 1. The van der Waals surface area contributed by atoms with Crippen molar-refractivity contribution in [1.29, 1.82) is 0 Å². The second-order valence-electron chi connectivity index (χ2n) is 5.93. The van der Waals surface area contributed by atoms with Crippen molar-refractivity contribution in [1.82, 2.24) is 9.88 Å². The van der Waals surface area contributed by atoms with Crippen LogP contribution >= 0.6 is 24.8 Å². The first-order chi connectivity index (χ1) is 10.1. The lowest BCUT2D eigenvalue weighted by molar-refractivity contribution is 0.0777. The van der Waals surface area contributed by atoms with Crippen LogP contribution < -0.4 is 5.73 Å². The van der Waals surface area contributed by atoms with Crippen LogP contribution in [-0.2, 0) is 0 Å². The Balaban J connectivity index is 0.00000132. The second-order valence-corrected chi connectivity index (χ2v) is 5.93. The van der Waals surface area contributed by atoms with E-state index < -0.39 is 0 Å². The third-order valence-corrected chi connectivity index (χ3v) is 4.19. The number of amides is 1. The smallest absolute Gasteiger partial charge is 0.253 e. The summed E-state index contributed by atoms with van der Waals surface area (Å²) in [6.07, 6.45) is 4.02. The maximum absolute atomic E-state index is 12.5. The molecule has 0 spiro atoms. The molecule has 1 saturated heterocycles. The van der Waals surface area contributed by atoms with Crippen molar-refractivity contribution in [3.63, 3.8) is 0 Å². The van der Waals surface area contributed by atoms with Gasteiger partial charge in [0.15, 0.2) is 12.2 Å². The standard InChI is InChI=1S/C16H19N3O2.2ClH/c1-16(9-17)6-7-19(10-16)15(20)13-4-2-12(3-5-13)14-8-18-11-21-14;;/h2-5,8,11H,6-7,9-10,17H2,1H3;2*1H. The molecule has 126 valence electrons. The predicted molar refractivity (Wildman–Crippen MR) is 94.1 cm³/mol. The van der Waals surface area contributed by atoms with Crippen LogP contribution in [0.5, 0.6) is 0 Å². The number of benzene rings is 1. The van der Waals surface area contributed by atoms with Gasteiger partial charge in [-0.1, -0.05) is 19.1 Å². The fraction of sp³-hybridized carbons (Fsp3) is 0.375. The number of nitrogens with two attached hydrogens (primary N) is 1. The van der Waals surface area contributed by atoms with Crippen LogP contribution in [-0.4, -0.2) is 35.4 Å². The molecule has 1 aliphatic rings.